The molecule has 0 aliphatic carbocycles. The molecule has 1 aromatic carbocycles. The van der Waals surface area contributed by atoms with E-state index in [0.29, 0.717) is 44.4 Å². The number of nitrogens with zero attached hydrogens (tertiary/aromatic N) is 5. The van der Waals surface area contributed by atoms with Gasteiger partial charge in [0.2, 0.25) is 10.0 Å². The van der Waals surface area contributed by atoms with Crippen molar-refractivity contribution in [1.29, 1.82) is 0 Å². The fourth-order valence-corrected chi connectivity index (χ4v) is 4.74. The van der Waals surface area contributed by atoms with Gasteiger partial charge in [0.25, 0.3) is 5.89 Å². The van der Waals surface area contributed by atoms with E-state index in [0.717, 1.165) is 5.56 Å². The molecule has 154 valence electrons. The summed E-state index contributed by atoms with van der Waals surface area (Å²) in [6.07, 6.45) is 3.59. The van der Waals surface area contributed by atoms with E-state index in [9.17, 15) is 8.42 Å². The summed E-state index contributed by atoms with van der Waals surface area (Å²) in [7, 11) is -3.57. The summed E-state index contributed by atoms with van der Waals surface area (Å²) in [6, 6.07) is 9.83. The minimum absolute atomic E-state index is 0.0994. The van der Waals surface area contributed by atoms with Gasteiger partial charge in [0.05, 0.1) is 12.8 Å². The average Bonchev–Trinajstić information content (AvgIpc) is 3.48. The van der Waals surface area contributed by atoms with Crippen LogP contribution < -0.4 is 0 Å². The molecule has 0 unspecified atom stereocenters. The van der Waals surface area contributed by atoms with Gasteiger partial charge in [-0.15, -0.1) is 0 Å². The Hall–Kier alpha value is -2.56. The molecule has 0 radical (unpaired) electrons. The van der Waals surface area contributed by atoms with Crippen molar-refractivity contribution in [3.05, 3.63) is 60.0 Å². The molecule has 3 heterocycles. The molecule has 0 amide bonds. The topological polar surface area (TPSA) is 103 Å². The highest BCUT2D eigenvalue weighted by Gasteiger charge is 2.36. The van der Waals surface area contributed by atoms with Crippen molar-refractivity contribution in [2.75, 3.05) is 13.1 Å². The lowest BCUT2D eigenvalue weighted by Gasteiger charge is -2.14. The normalized spacial score (nSPS) is 17.8. The Morgan fingerprint density at radius 2 is 2.07 bits per heavy atom. The Labute approximate surface area is 169 Å². The number of ether oxygens (including phenoxy) is 1. The lowest BCUT2D eigenvalue weighted by Crippen LogP contribution is -2.28. The predicted octanol–water partition coefficient (Wildman–Crippen LogP) is 2.18. The van der Waals surface area contributed by atoms with E-state index in [4.69, 9.17) is 9.26 Å². The molecule has 10 heteroatoms. The third kappa shape index (κ3) is 4.39. The first-order valence-corrected chi connectivity index (χ1v) is 11.0. The Morgan fingerprint density at radius 3 is 2.83 bits per heavy atom. The van der Waals surface area contributed by atoms with Crippen LogP contribution in [0.5, 0.6) is 0 Å². The Morgan fingerprint density at radius 1 is 1.24 bits per heavy atom. The molecule has 29 heavy (non-hydrogen) atoms. The number of benzene rings is 1. The van der Waals surface area contributed by atoms with Gasteiger partial charge in [-0.05, 0) is 18.9 Å². The third-order valence-electron chi connectivity index (χ3n) is 4.91. The maximum atomic E-state index is 12.8. The van der Waals surface area contributed by atoms with Gasteiger partial charge in [-0.1, -0.05) is 35.5 Å². The highest BCUT2D eigenvalue weighted by Crippen LogP contribution is 2.29. The number of aryl methyl sites for hydroxylation is 1. The summed E-state index contributed by atoms with van der Waals surface area (Å²) in [5.41, 5.74) is 1.07. The molecule has 0 N–H and O–H groups in total. The molecule has 1 aliphatic heterocycles. The summed E-state index contributed by atoms with van der Waals surface area (Å²) >= 11 is 0. The van der Waals surface area contributed by atoms with Gasteiger partial charge in [-0.25, -0.2) is 8.42 Å². The van der Waals surface area contributed by atoms with E-state index >= 15 is 0 Å². The molecule has 1 aliphatic rings. The predicted molar refractivity (Wildman–Crippen MR) is 103 cm³/mol. The Bertz CT molecular complexity index is 1050. The number of rotatable bonds is 8. The van der Waals surface area contributed by atoms with Crippen molar-refractivity contribution in [2.24, 2.45) is 0 Å². The van der Waals surface area contributed by atoms with Crippen LogP contribution in [0.2, 0.25) is 0 Å². The van der Waals surface area contributed by atoms with Crippen LogP contribution >= 0.6 is 0 Å². The first-order valence-electron chi connectivity index (χ1n) is 9.53. The standard InChI is InChI=1S/C19H23N5O4S/c1-2-23-12-17(10-20-23)29(25,26)24-9-8-16(11-24)19-21-18(28-22-19)14-27-13-15-6-4-3-5-7-15/h3-7,10,12,16H,2,8-9,11,13-14H2,1H3/t16-/m0/s1. The van der Waals surface area contributed by atoms with Crippen LogP contribution in [0.25, 0.3) is 0 Å². The maximum absolute atomic E-state index is 12.8. The molecule has 9 nitrogen and oxygen atoms in total. The van der Waals surface area contributed by atoms with Crippen LogP contribution in [0.4, 0.5) is 0 Å². The molecule has 1 fully saturated rings. The summed E-state index contributed by atoms with van der Waals surface area (Å²) in [5.74, 6) is 0.810. The second kappa shape index (κ2) is 8.44. The van der Waals surface area contributed by atoms with Crippen LogP contribution in [0.1, 0.15) is 36.5 Å². The van der Waals surface area contributed by atoms with Gasteiger partial charge in [-0.2, -0.15) is 14.4 Å². The average molecular weight is 417 g/mol. The molecule has 4 rings (SSSR count). The van der Waals surface area contributed by atoms with Crippen molar-refractivity contribution in [3.8, 4) is 0 Å². The quantitative estimate of drug-likeness (QED) is 0.553. The van der Waals surface area contributed by atoms with E-state index in [1.165, 1.54) is 10.5 Å². The van der Waals surface area contributed by atoms with Gasteiger partial charge in [0, 0.05) is 31.7 Å². The van der Waals surface area contributed by atoms with E-state index in [1.54, 1.807) is 10.9 Å². The fourth-order valence-electron chi connectivity index (χ4n) is 3.28. The smallest absolute Gasteiger partial charge is 0.252 e. The SMILES string of the molecule is CCn1cc(S(=O)(=O)N2CC[C@H](c3noc(COCc4ccccc4)n3)C2)cn1. The number of hydrogen-bond acceptors (Lipinski definition) is 7. The molecule has 1 atom stereocenters. The van der Waals surface area contributed by atoms with Crippen LogP contribution in [-0.4, -0.2) is 45.7 Å². The van der Waals surface area contributed by atoms with E-state index < -0.39 is 10.0 Å². The van der Waals surface area contributed by atoms with Crippen LogP contribution in [0, 0.1) is 0 Å². The monoisotopic (exact) mass is 417 g/mol. The van der Waals surface area contributed by atoms with Crippen LogP contribution in [0.3, 0.4) is 0 Å². The zero-order valence-corrected chi connectivity index (χ0v) is 17.0. The fraction of sp³-hybridized carbons (Fsp3) is 0.421. The van der Waals surface area contributed by atoms with Crippen molar-refractivity contribution in [3.63, 3.8) is 0 Å². The summed E-state index contributed by atoms with van der Waals surface area (Å²) in [6.45, 7) is 3.94. The highest BCUT2D eigenvalue weighted by molar-refractivity contribution is 7.89. The van der Waals surface area contributed by atoms with Gasteiger partial charge in [0.1, 0.15) is 11.5 Å². The molecular formula is C19H23N5O4S. The first kappa shape index (κ1) is 19.7. The summed E-state index contributed by atoms with van der Waals surface area (Å²) < 4.78 is 39.6. The Balaban J connectivity index is 1.34. The lowest BCUT2D eigenvalue weighted by atomic mass is 10.1. The van der Waals surface area contributed by atoms with Crippen molar-refractivity contribution in [1.82, 2.24) is 24.2 Å². The van der Waals surface area contributed by atoms with E-state index in [-0.39, 0.29) is 17.4 Å². The minimum atomic E-state index is -3.57. The van der Waals surface area contributed by atoms with E-state index in [1.807, 2.05) is 37.3 Å². The zero-order chi connectivity index (χ0) is 20.3. The number of aromatic nitrogens is 4. The largest absolute Gasteiger partial charge is 0.367 e. The minimum Gasteiger partial charge on any atom is -0.367 e. The molecule has 0 saturated carbocycles. The van der Waals surface area contributed by atoms with Gasteiger partial charge < -0.3 is 9.26 Å². The second-order valence-corrected chi connectivity index (χ2v) is 8.84. The summed E-state index contributed by atoms with van der Waals surface area (Å²) in [4.78, 5) is 4.60. The third-order valence-corrected chi connectivity index (χ3v) is 6.73. The number of sulfonamides is 1. The van der Waals surface area contributed by atoms with Crippen molar-refractivity contribution in [2.45, 2.75) is 43.9 Å². The number of hydrogen-bond donors (Lipinski definition) is 0. The summed E-state index contributed by atoms with van der Waals surface area (Å²) in [5, 5.41) is 8.09. The Kier molecular flexibility index (Phi) is 5.74. The first-order chi connectivity index (χ1) is 14.1. The molecule has 2 aromatic heterocycles. The molecule has 3 aromatic rings. The van der Waals surface area contributed by atoms with Crippen molar-refractivity contribution >= 4 is 10.0 Å². The lowest BCUT2D eigenvalue weighted by molar-refractivity contribution is 0.0850. The maximum Gasteiger partial charge on any atom is 0.252 e. The highest BCUT2D eigenvalue weighted by atomic mass is 32.2. The van der Waals surface area contributed by atoms with Gasteiger partial charge >= 0.3 is 0 Å². The molecule has 0 bridgehead atoms. The molecule has 1 saturated heterocycles. The van der Waals surface area contributed by atoms with Crippen LogP contribution in [-0.2, 0) is 34.5 Å². The zero-order valence-electron chi connectivity index (χ0n) is 16.1. The van der Waals surface area contributed by atoms with E-state index in [2.05, 4.69) is 15.2 Å². The van der Waals surface area contributed by atoms with Crippen LogP contribution in [0.15, 0.2) is 52.1 Å². The van der Waals surface area contributed by atoms with Crippen molar-refractivity contribution < 1.29 is 17.7 Å². The molecule has 0 spiro atoms. The van der Waals surface area contributed by atoms with Gasteiger partial charge in [0.15, 0.2) is 5.82 Å². The second-order valence-electron chi connectivity index (χ2n) is 6.91. The van der Waals surface area contributed by atoms with Gasteiger partial charge in [-0.3, -0.25) is 4.68 Å². The molecular weight excluding hydrogens is 394 g/mol.